The molecule has 0 saturated heterocycles. The first-order valence-electron chi connectivity index (χ1n) is 9.86. The van der Waals surface area contributed by atoms with Crippen molar-refractivity contribution < 1.29 is 23.4 Å². The highest BCUT2D eigenvalue weighted by Crippen LogP contribution is 2.26. The van der Waals surface area contributed by atoms with E-state index in [0.29, 0.717) is 18.7 Å². The number of carboxylic acids is 1. The van der Waals surface area contributed by atoms with E-state index in [4.69, 9.17) is 0 Å². The lowest BCUT2D eigenvalue weighted by Gasteiger charge is -2.12. The van der Waals surface area contributed by atoms with Gasteiger partial charge in [-0.15, -0.1) is 12.4 Å². The Morgan fingerprint density at radius 2 is 1.59 bits per heavy atom. The average molecular weight is 476 g/mol. The molecule has 0 amide bonds. The van der Waals surface area contributed by atoms with E-state index < -0.39 is 21.9 Å². The van der Waals surface area contributed by atoms with Crippen LogP contribution in [0.2, 0.25) is 0 Å². The summed E-state index contributed by atoms with van der Waals surface area (Å²) in [6.45, 7) is 1.17. The number of rotatable bonds is 9. The molecule has 170 valence electrons. The summed E-state index contributed by atoms with van der Waals surface area (Å²) >= 11 is 0. The van der Waals surface area contributed by atoms with Gasteiger partial charge >= 0.3 is 5.97 Å². The van der Waals surface area contributed by atoms with Crippen LogP contribution in [-0.2, 0) is 16.3 Å². The Morgan fingerprint density at radius 3 is 2.19 bits per heavy atom. The molecule has 1 atom stereocenters. The van der Waals surface area contributed by atoms with Gasteiger partial charge in [0.05, 0.1) is 16.6 Å². The highest BCUT2D eigenvalue weighted by molar-refractivity contribution is 7.90. The van der Waals surface area contributed by atoms with Crippen molar-refractivity contribution in [2.75, 3.05) is 19.3 Å². The molecule has 0 aliphatic rings. The molecule has 0 fully saturated rings. The van der Waals surface area contributed by atoms with Crippen LogP contribution in [0.1, 0.15) is 27.6 Å². The summed E-state index contributed by atoms with van der Waals surface area (Å²) in [5.41, 5.74) is 3.18. The zero-order valence-corrected chi connectivity index (χ0v) is 19.2. The molecule has 3 N–H and O–H groups in total. The van der Waals surface area contributed by atoms with Crippen molar-refractivity contribution >= 4 is 28.2 Å². The van der Waals surface area contributed by atoms with E-state index in [1.807, 2.05) is 54.6 Å². The van der Waals surface area contributed by atoms with Gasteiger partial charge in [-0.25, -0.2) is 13.2 Å². The molecular weight excluding hydrogens is 450 g/mol. The van der Waals surface area contributed by atoms with Crippen molar-refractivity contribution in [3.05, 3.63) is 89.5 Å². The third kappa shape index (κ3) is 6.64. The Labute approximate surface area is 194 Å². The van der Waals surface area contributed by atoms with Crippen LogP contribution in [0, 0.1) is 0 Å². The zero-order chi connectivity index (χ0) is 22.4. The van der Waals surface area contributed by atoms with Gasteiger partial charge in [-0.2, -0.15) is 0 Å². The number of halogens is 1. The second kappa shape index (κ2) is 11.2. The van der Waals surface area contributed by atoms with E-state index in [1.54, 1.807) is 6.07 Å². The Balaban J connectivity index is 0.00000363. The fraction of sp³-hybridized carbons (Fsp3) is 0.208. The molecule has 0 radical (unpaired) electrons. The van der Waals surface area contributed by atoms with E-state index >= 15 is 0 Å². The molecule has 0 aliphatic carbocycles. The molecule has 0 bridgehead atoms. The molecule has 0 aromatic heterocycles. The summed E-state index contributed by atoms with van der Waals surface area (Å²) in [7, 11) is -3.67. The Morgan fingerprint density at radius 1 is 0.969 bits per heavy atom. The van der Waals surface area contributed by atoms with Crippen LogP contribution in [0.3, 0.4) is 0 Å². The molecule has 0 saturated carbocycles. The highest BCUT2D eigenvalue weighted by atomic mass is 35.5. The van der Waals surface area contributed by atoms with Crippen molar-refractivity contribution in [3.8, 4) is 11.1 Å². The fourth-order valence-electron chi connectivity index (χ4n) is 3.31. The van der Waals surface area contributed by atoms with Gasteiger partial charge in [0.25, 0.3) is 0 Å². The molecule has 0 heterocycles. The van der Waals surface area contributed by atoms with Crippen LogP contribution >= 0.6 is 12.4 Å². The number of hydrogen-bond acceptors (Lipinski definition) is 5. The summed E-state index contributed by atoms with van der Waals surface area (Å²) in [5, 5.41) is 22.7. The summed E-state index contributed by atoms with van der Waals surface area (Å²) < 4.78 is 24.0. The van der Waals surface area contributed by atoms with Crippen LogP contribution in [-0.4, -0.2) is 43.9 Å². The normalized spacial score (nSPS) is 12.1. The van der Waals surface area contributed by atoms with E-state index in [0.717, 1.165) is 29.4 Å². The minimum Gasteiger partial charge on any atom is -0.478 e. The van der Waals surface area contributed by atoms with Crippen molar-refractivity contribution in [1.82, 2.24) is 5.32 Å². The number of nitrogens with one attached hydrogen (secondary N) is 1. The van der Waals surface area contributed by atoms with Crippen LogP contribution in [0.15, 0.2) is 77.7 Å². The third-order valence-electron chi connectivity index (χ3n) is 5.01. The van der Waals surface area contributed by atoms with Gasteiger partial charge in [0.2, 0.25) is 0 Å². The lowest BCUT2D eigenvalue weighted by atomic mass is 10.0. The average Bonchev–Trinajstić information content (AvgIpc) is 2.76. The predicted molar refractivity (Wildman–Crippen MR) is 127 cm³/mol. The van der Waals surface area contributed by atoms with Crippen molar-refractivity contribution in [2.45, 2.75) is 17.4 Å². The molecule has 0 aliphatic heterocycles. The molecule has 0 spiro atoms. The van der Waals surface area contributed by atoms with Gasteiger partial charge in [-0.05, 0) is 47.4 Å². The maximum atomic E-state index is 12.0. The van der Waals surface area contributed by atoms with Gasteiger partial charge in [-0.3, -0.25) is 0 Å². The first-order valence-corrected chi connectivity index (χ1v) is 11.8. The monoisotopic (exact) mass is 475 g/mol. The summed E-state index contributed by atoms with van der Waals surface area (Å²) in [5.74, 6) is -1.27. The standard InChI is InChI=1S/C24H25NO5S.ClH/c1-31(29,30)23-15-20(11-12-21(23)24(27)28)18-9-7-17(8-10-18)13-14-25-16-22(26)19-5-3-2-4-6-19;/h2-12,15,22,25-26H,13-14,16H2,1H3,(H,27,28);1H/t22-;/m0./s1. The SMILES string of the molecule is CS(=O)(=O)c1cc(-c2ccc(CCNC[C@H](O)c3ccccc3)cc2)ccc1C(=O)O.Cl. The molecule has 3 rings (SSSR count). The molecule has 0 unspecified atom stereocenters. The molecular formula is C24H26ClNO5S. The number of sulfone groups is 1. The lowest BCUT2D eigenvalue weighted by Crippen LogP contribution is -2.23. The van der Waals surface area contributed by atoms with Gasteiger partial charge < -0.3 is 15.5 Å². The summed E-state index contributed by atoms with van der Waals surface area (Å²) in [6.07, 6.45) is 1.22. The smallest absolute Gasteiger partial charge is 0.337 e. The van der Waals surface area contributed by atoms with Gasteiger partial charge in [-0.1, -0.05) is 60.7 Å². The zero-order valence-electron chi connectivity index (χ0n) is 17.6. The van der Waals surface area contributed by atoms with Crippen molar-refractivity contribution in [3.63, 3.8) is 0 Å². The minimum atomic E-state index is -3.67. The quantitative estimate of drug-likeness (QED) is 0.407. The van der Waals surface area contributed by atoms with Gasteiger partial charge in [0.15, 0.2) is 9.84 Å². The third-order valence-corrected chi connectivity index (χ3v) is 6.15. The van der Waals surface area contributed by atoms with Crippen LogP contribution in [0.4, 0.5) is 0 Å². The number of aliphatic hydroxyl groups excluding tert-OH is 1. The van der Waals surface area contributed by atoms with E-state index in [1.165, 1.54) is 12.1 Å². The number of aliphatic hydroxyl groups is 1. The van der Waals surface area contributed by atoms with Gasteiger partial charge in [0, 0.05) is 12.8 Å². The van der Waals surface area contributed by atoms with Crippen LogP contribution in [0.25, 0.3) is 11.1 Å². The number of benzene rings is 3. The Hall–Kier alpha value is -2.71. The van der Waals surface area contributed by atoms with E-state index in [2.05, 4.69) is 5.32 Å². The topological polar surface area (TPSA) is 104 Å². The van der Waals surface area contributed by atoms with Crippen LogP contribution in [0.5, 0.6) is 0 Å². The van der Waals surface area contributed by atoms with Crippen LogP contribution < -0.4 is 5.32 Å². The summed E-state index contributed by atoms with van der Waals surface area (Å²) in [4.78, 5) is 11.1. The maximum Gasteiger partial charge on any atom is 0.337 e. The number of carbonyl (C=O) groups is 1. The minimum absolute atomic E-state index is 0. The maximum absolute atomic E-state index is 12.0. The van der Waals surface area contributed by atoms with E-state index in [-0.39, 0.29) is 22.9 Å². The first kappa shape index (κ1) is 25.5. The molecule has 3 aromatic rings. The number of aromatic carboxylic acids is 1. The molecule has 6 nitrogen and oxygen atoms in total. The summed E-state index contributed by atoms with van der Waals surface area (Å²) in [6, 6.07) is 21.5. The van der Waals surface area contributed by atoms with E-state index in [9.17, 15) is 23.4 Å². The molecule has 8 heteroatoms. The molecule has 32 heavy (non-hydrogen) atoms. The Bertz CT molecular complexity index is 1150. The molecule has 3 aromatic carbocycles. The number of carboxylic acid groups (broad SMARTS) is 1. The lowest BCUT2D eigenvalue weighted by molar-refractivity contribution is 0.0692. The largest absolute Gasteiger partial charge is 0.478 e. The fourth-order valence-corrected chi connectivity index (χ4v) is 4.21. The predicted octanol–water partition coefficient (Wildman–Crippen LogP) is 3.74. The van der Waals surface area contributed by atoms with Gasteiger partial charge in [0.1, 0.15) is 0 Å². The second-order valence-corrected chi connectivity index (χ2v) is 9.35. The highest BCUT2D eigenvalue weighted by Gasteiger charge is 2.19. The van der Waals surface area contributed by atoms with Crippen molar-refractivity contribution in [1.29, 1.82) is 0 Å². The Kier molecular flexibility index (Phi) is 8.98. The second-order valence-electron chi connectivity index (χ2n) is 7.37. The first-order chi connectivity index (χ1) is 14.8. The number of hydrogen-bond donors (Lipinski definition) is 3. The van der Waals surface area contributed by atoms with Crippen molar-refractivity contribution in [2.24, 2.45) is 0 Å².